The average molecular weight is 397 g/mol. The molecule has 0 radical (unpaired) electrons. The predicted molar refractivity (Wildman–Crippen MR) is 94.6 cm³/mol. The standard InChI is InChI=1S/C16H21BrN4O3/c1-10(15(23)20-16(24)18-11-7-8-11)21(2)9-14(22)19-13-6-4-3-5-12(13)17/h3-6,10-11H,7-9H2,1-2H3,(H,19,22)(H2,18,20,23,24). The Morgan fingerprint density at radius 2 is 1.96 bits per heavy atom. The van der Waals surface area contributed by atoms with E-state index in [4.69, 9.17) is 0 Å². The lowest BCUT2D eigenvalue weighted by Gasteiger charge is -2.23. The third-order valence-electron chi connectivity index (χ3n) is 3.73. The van der Waals surface area contributed by atoms with Crippen molar-refractivity contribution in [3.8, 4) is 0 Å². The topological polar surface area (TPSA) is 90.5 Å². The number of carbonyl (C=O) groups excluding carboxylic acids is 3. The number of nitrogens with zero attached hydrogens (tertiary/aromatic N) is 1. The normalized spacial score (nSPS) is 14.8. The van der Waals surface area contributed by atoms with Crippen LogP contribution in [0.15, 0.2) is 28.7 Å². The Morgan fingerprint density at radius 3 is 2.58 bits per heavy atom. The molecule has 1 saturated carbocycles. The monoisotopic (exact) mass is 396 g/mol. The van der Waals surface area contributed by atoms with Gasteiger partial charge in [-0.1, -0.05) is 12.1 Å². The first-order chi connectivity index (χ1) is 11.4. The summed E-state index contributed by atoms with van der Waals surface area (Å²) in [6.07, 6.45) is 1.90. The van der Waals surface area contributed by atoms with Gasteiger partial charge in [0.05, 0.1) is 18.3 Å². The number of halogens is 1. The highest BCUT2D eigenvalue weighted by molar-refractivity contribution is 9.10. The molecule has 0 aliphatic heterocycles. The second-order valence-electron chi connectivity index (χ2n) is 5.86. The van der Waals surface area contributed by atoms with Crippen LogP contribution < -0.4 is 16.0 Å². The molecule has 0 bridgehead atoms. The molecule has 1 atom stereocenters. The van der Waals surface area contributed by atoms with Gasteiger partial charge in [-0.3, -0.25) is 19.8 Å². The van der Waals surface area contributed by atoms with Crippen LogP contribution in [0.1, 0.15) is 19.8 Å². The van der Waals surface area contributed by atoms with Crippen molar-refractivity contribution in [2.75, 3.05) is 18.9 Å². The van der Waals surface area contributed by atoms with Crippen LogP contribution in [0.4, 0.5) is 10.5 Å². The van der Waals surface area contributed by atoms with Crippen molar-refractivity contribution in [1.29, 1.82) is 0 Å². The predicted octanol–water partition coefficient (Wildman–Crippen LogP) is 1.70. The minimum atomic E-state index is -0.611. The van der Waals surface area contributed by atoms with E-state index in [1.54, 1.807) is 24.9 Å². The Morgan fingerprint density at radius 1 is 1.29 bits per heavy atom. The fraction of sp³-hybridized carbons (Fsp3) is 0.438. The van der Waals surface area contributed by atoms with E-state index in [0.717, 1.165) is 17.3 Å². The van der Waals surface area contributed by atoms with E-state index in [0.29, 0.717) is 5.69 Å². The molecule has 3 N–H and O–H groups in total. The van der Waals surface area contributed by atoms with Gasteiger partial charge in [0.15, 0.2) is 0 Å². The maximum atomic E-state index is 12.1. The number of carbonyl (C=O) groups is 3. The summed E-state index contributed by atoms with van der Waals surface area (Å²) < 4.78 is 0.781. The first-order valence-corrected chi connectivity index (χ1v) is 8.52. The molecule has 0 aromatic heterocycles. The smallest absolute Gasteiger partial charge is 0.321 e. The van der Waals surface area contributed by atoms with Crippen molar-refractivity contribution in [2.24, 2.45) is 0 Å². The number of hydrogen-bond donors (Lipinski definition) is 3. The van der Waals surface area contributed by atoms with Crippen molar-refractivity contribution in [3.63, 3.8) is 0 Å². The van der Waals surface area contributed by atoms with Gasteiger partial charge in [-0.05, 0) is 54.9 Å². The summed E-state index contributed by atoms with van der Waals surface area (Å²) in [5.74, 6) is -0.684. The van der Waals surface area contributed by atoms with Gasteiger partial charge in [0.25, 0.3) is 0 Å². The summed E-state index contributed by atoms with van der Waals surface area (Å²) in [5.41, 5.74) is 0.664. The number of nitrogens with one attached hydrogen (secondary N) is 3. The Bertz CT molecular complexity index is 634. The zero-order valence-corrected chi connectivity index (χ0v) is 15.2. The molecule has 2 rings (SSSR count). The average Bonchev–Trinajstić information content (AvgIpc) is 3.32. The molecule has 24 heavy (non-hydrogen) atoms. The Labute approximate surface area is 149 Å². The molecule has 8 heteroatoms. The number of likely N-dealkylation sites (N-methyl/N-ethyl adjacent to an activating group) is 1. The highest BCUT2D eigenvalue weighted by atomic mass is 79.9. The van der Waals surface area contributed by atoms with E-state index in [2.05, 4.69) is 31.9 Å². The quantitative estimate of drug-likeness (QED) is 0.682. The van der Waals surface area contributed by atoms with Crippen LogP contribution in [0.2, 0.25) is 0 Å². The zero-order valence-electron chi connectivity index (χ0n) is 13.6. The minimum absolute atomic E-state index is 0.0279. The van der Waals surface area contributed by atoms with Gasteiger partial charge in [-0.25, -0.2) is 4.79 Å². The molecule has 7 nitrogen and oxygen atoms in total. The molecule has 0 spiro atoms. The van der Waals surface area contributed by atoms with Crippen LogP contribution in [0.5, 0.6) is 0 Å². The van der Waals surface area contributed by atoms with Crippen molar-refractivity contribution in [1.82, 2.24) is 15.5 Å². The fourth-order valence-corrected chi connectivity index (χ4v) is 2.37. The number of urea groups is 1. The summed E-state index contributed by atoms with van der Waals surface area (Å²) in [6.45, 7) is 1.67. The van der Waals surface area contributed by atoms with Gasteiger partial charge < -0.3 is 10.6 Å². The first-order valence-electron chi connectivity index (χ1n) is 7.73. The molecule has 1 aromatic carbocycles. The maximum absolute atomic E-state index is 12.1. The second kappa shape index (κ2) is 8.25. The van der Waals surface area contributed by atoms with Crippen LogP contribution in [0.25, 0.3) is 0 Å². The molecule has 1 aliphatic rings. The molecular formula is C16H21BrN4O3. The van der Waals surface area contributed by atoms with Crippen LogP contribution in [0.3, 0.4) is 0 Å². The summed E-state index contributed by atoms with van der Waals surface area (Å²) in [4.78, 5) is 37.3. The molecule has 0 saturated heterocycles. The number of rotatable bonds is 6. The molecular weight excluding hydrogens is 376 g/mol. The second-order valence-corrected chi connectivity index (χ2v) is 6.71. The van der Waals surface area contributed by atoms with Crippen molar-refractivity contribution < 1.29 is 14.4 Å². The molecule has 130 valence electrons. The SMILES string of the molecule is CC(C(=O)NC(=O)NC1CC1)N(C)CC(=O)Nc1ccccc1Br. The number of anilines is 1. The number of imide groups is 1. The van der Waals surface area contributed by atoms with Crippen LogP contribution in [-0.2, 0) is 9.59 Å². The summed E-state index contributed by atoms with van der Waals surface area (Å²) in [6, 6.07) is 6.36. The number of amides is 4. The van der Waals surface area contributed by atoms with Gasteiger partial charge >= 0.3 is 6.03 Å². The summed E-state index contributed by atoms with van der Waals surface area (Å²) in [7, 11) is 1.66. The summed E-state index contributed by atoms with van der Waals surface area (Å²) in [5, 5.41) is 7.75. The van der Waals surface area contributed by atoms with Gasteiger partial charge in [0.2, 0.25) is 11.8 Å². The lowest BCUT2D eigenvalue weighted by atomic mass is 10.2. The van der Waals surface area contributed by atoms with Crippen molar-refractivity contribution >= 4 is 39.5 Å². The molecule has 1 aliphatic carbocycles. The van der Waals surface area contributed by atoms with Gasteiger partial charge in [0, 0.05) is 10.5 Å². The van der Waals surface area contributed by atoms with Crippen LogP contribution in [-0.4, -0.2) is 48.4 Å². The third kappa shape index (κ3) is 5.61. The highest BCUT2D eigenvalue weighted by Gasteiger charge is 2.26. The van der Waals surface area contributed by atoms with Crippen molar-refractivity contribution in [2.45, 2.75) is 31.8 Å². The van der Waals surface area contributed by atoms with Gasteiger partial charge in [-0.2, -0.15) is 0 Å². The maximum Gasteiger partial charge on any atom is 0.321 e. The van der Waals surface area contributed by atoms with E-state index in [1.807, 2.05) is 18.2 Å². The lowest BCUT2D eigenvalue weighted by molar-refractivity contribution is -0.125. The Balaban J connectivity index is 1.80. The fourth-order valence-electron chi connectivity index (χ4n) is 1.98. The molecule has 1 aromatic rings. The summed E-state index contributed by atoms with van der Waals surface area (Å²) >= 11 is 3.36. The first kappa shape index (κ1) is 18.4. The largest absolute Gasteiger partial charge is 0.335 e. The molecule has 4 amide bonds. The molecule has 0 heterocycles. The zero-order chi connectivity index (χ0) is 17.7. The highest BCUT2D eigenvalue weighted by Crippen LogP contribution is 2.21. The third-order valence-corrected chi connectivity index (χ3v) is 4.42. The number of para-hydroxylation sites is 1. The molecule has 1 unspecified atom stereocenters. The minimum Gasteiger partial charge on any atom is -0.335 e. The van der Waals surface area contributed by atoms with Gasteiger partial charge in [0.1, 0.15) is 0 Å². The van der Waals surface area contributed by atoms with E-state index >= 15 is 0 Å². The Hall–Kier alpha value is -1.93. The number of hydrogen-bond acceptors (Lipinski definition) is 4. The lowest BCUT2D eigenvalue weighted by Crippen LogP contribution is -2.50. The van der Waals surface area contributed by atoms with Gasteiger partial charge in [-0.15, -0.1) is 0 Å². The van der Waals surface area contributed by atoms with Crippen LogP contribution in [0, 0.1) is 0 Å². The van der Waals surface area contributed by atoms with Crippen molar-refractivity contribution in [3.05, 3.63) is 28.7 Å². The Kier molecular flexibility index (Phi) is 6.33. The van der Waals surface area contributed by atoms with E-state index in [1.165, 1.54) is 0 Å². The van der Waals surface area contributed by atoms with Crippen LogP contribution >= 0.6 is 15.9 Å². The number of benzene rings is 1. The van der Waals surface area contributed by atoms with E-state index in [-0.39, 0.29) is 18.5 Å². The van der Waals surface area contributed by atoms with E-state index in [9.17, 15) is 14.4 Å². The van der Waals surface area contributed by atoms with E-state index < -0.39 is 18.0 Å². The molecule has 1 fully saturated rings.